The number of hydrogen-bond acceptors (Lipinski definition) is 4. The Morgan fingerprint density at radius 1 is 1.38 bits per heavy atom. The summed E-state index contributed by atoms with van der Waals surface area (Å²) in [5.74, 6) is -0.216. The fourth-order valence-electron chi connectivity index (χ4n) is 2.76. The Balaban J connectivity index is 1.78. The van der Waals surface area contributed by atoms with Crippen LogP contribution in [-0.2, 0) is 4.79 Å². The quantitative estimate of drug-likeness (QED) is 0.942. The Morgan fingerprint density at radius 2 is 2.21 bits per heavy atom. The van der Waals surface area contributed by atoms with Crippen LogP contribution in [0.2, 0.25) is 0 Å². The molecule has 2 amide bonds. The van der Waals surface area contributed by atoms with Crippen molar-refractivity contribution < 1.29 is 9.59 Å². The number of aromatic nitrogens is 1. The van der Waals surface area contributed by atoms with E-state index in [0.717, 1.165) is 12.1 Å². The average molecular weight is 320 g/mol. The topological polar surface area (TPSA) is 86.1 Å². The molecular formula is C18H16N4O2. The van der Waals surface area contributed by atoms with Crippen molar-refractivity contribution in [1.29, 1.82) is 5.26 Å². The number of nitriles is 1. The third kappa shape index (κ3) is 3.10. The fraction of sp³-hybridized carbons (Fsp3) is 0.222. The number of nitrogens with one attached hydrogen (secondary N) is 1. The minimum Gasteiger partial charge on any atom is -0.322 e. The van der Waals surface area contributed by atoms with E-state index >= 15 is 0 Å². The molecule has 0 spiro atoms. The largest absolute Gasteiger partial charge is 0.322 e. The van der Waals surface area contributed by atoms with E-state index in [-0.39, 0.29) is 23.6 Å². The number of carbonyl (C=O) groups excluding carboxylic acids is 2. The summed E-state index contributed by atoms with van der Waals surface area (Å²) >= 11 is 0. The van der Waals surface area contributed by atoms with E-state index in [1.165, 1.54) is 12.3 Å². The Bertz CT molecular complexity index is 824. The zero-order valence-electron chi connectivity index (χ0n) is 13.2. The molecule has 2 heterocycles. The van der Waals surface area contributed by atoms with E-state index < -0.39 is 0 Å². The van der Waals surface area contributed by atoms with Gasteiger partial charge in [0.1, 0.15) is 11.8 Å². The molecule has 120 valence electrons. The Morgan fingerprint density at radius 3 is 2.83 bits per heavy atom. The highest BCUT2D eigenvalue weighted by Crippen LogP contribution is 2.28. The van der Waals surface area contributed by atoms with Crippen molar-refractivity contribution >= 4 is 23.2 Å². The van der Waals surface area contributed by atoms with Crippen LogP contribution in [0.25, 0.3) is 0 Å². The van der Waals surface area contributed by atoms with Gasteiger partial charge in [0.2, 0.25) is 5.91 Å². The van der Waals surface area contributed by atoms with Crippen molar-refractivity contribution in [1.82, 2.24) is 4.98 Å². The molecule has 1 unspecified atom stereocenters. The lowest BCUT2D eigenvalue weighted by molar-refractivity contribution is -0.117. The molecule has 1 aliphatic rings. The number of anilines is 2. The summed E-state index contributed by atoms with van der Waals surface area (Å²) in [5, 5.41) is 11.5. The predicted molar refractivity (Wildman–Crippen MR) is 89.5 cm³/mol. The molecule has 2 aromatic rings. The lowest BCUT2D eigenvalue weighted by Gasteiger charge is -2.22. The molecule has 0 saturated carbocycles. The van der Waals surface area contributed by atoms with Crippen molar-refractivity contribution in [2.24, 2.45) is 0 Å². The van der Waals surface area contributed by atoms with Gasteiger partial charge in [0.15, 0.2) is 0 Å². The van der Waals surface area contributed by atoms with Crippen LogP contribution in [-0.4, -0.2) is 22.8 Å². The number of rotatable bonds is 3. The smallest absolute Gasteiger partial charge is 0.257 e. The van der Waals surface area contributed by atoms with Crippen molar-refractivity contribution in [2.75, 3.05) is 10.2 Å². The number of benzene rings is 1. The molecule has 1 atom stereocenters. The summed E-state index contributed by atoms with van der Waals surface area (Å²) < 4.78 is 0. The van der Waals surface area contributed by atoms with Gasteiger partial charge in [-0.3, -0.25) is 9.59 Å². The highest BCUT2D eigenvalue weighted by Gasteiger charge is 2.28. The molecule has 1 fully saturated rings. The maximum absolute atomic E-state index is 12.3. The first-order valence-electron chi connectivity index (χ1n) is 7.68. The van der Waals surface area contributed by atoms with Gasteiger partial charge in [-0.15, -0.1) is 0 Å². The molecule has 6 nitrogen and oxygen atoms in total. The minimum absolute atomic E-state index is 0.0993. The molecule has 1 aromatic carbocycles. The average Bonchev–Trinajstić information content (AvgIpc) is 2.94. The minimum atomic E-state index is -0.315. The van der Waals surface area contributed by atoms with Crippen LogP contribution in [0.5, 0.6) is 0 Å². The first kappa shape index (κ1) is 15.7. The fourth-order valence-corrected chi connectivity index (χ4v) is 2.76. The van der Waals surface area contributed by atoms with E-state index in [1.807, 2.05) is 19.1 Å². The third-order valence-electron chi connectivity index (χ3n) is 4.01. The van der Waals surface area contributed by atoms with Crippen LogP contribution in [0, 0.1) is 11.3 Å². The Labute approximate surface area is 139 Å². The first-order chi connectivity index (χ1) is 11.6. The van der Waals surface area contributed by atoms with Gasteiger partial charge in [0.05, 0.1) is 5.56 Å². The summed E-state index contributed by atoms with van der Waals surface area (Å²) in [6, 6.07) is 12.3. The standard InChI is InChI=1S/C18H16N4O2/c1-12-5-8-17(23)22(12)16-4-2-3-14(9-16)21-18(24)13-6-7-15(10-19)20-11-13/h2-4,6-7,9,11-12H,5,8H2,1H3,(H,21,24). The molecule has 0 radical (unpaired) electrons. The van der Waals surface area contributed by atoms with Crippen LogP contribution < -0.4 is 10.2 Å². The lowest BCUT2D eigenvalue weighted by atomic mass is 10.2. The lowest BCUT2D eigenvalue weighted by Crippen LogP contribution is -2.30. The second-order valence-electron chi connectivity index (χ2n) is 5.70. The molecule has 24 heavy (non-hydrogen) atoms. The van der Waals surface area contributed by atoms with E-state index in [4.69, 9.17) is 5.26 Å². The van der Waals surface area contributed by atoms with Gasteiger partial charge in [-0.25, -0.2) is 4.98 Å². The van der Waals surface area contributed by atoms with Gasteiger partial charge in [0.25, 0.3) is 5.91 Å². The summed E-state index contributed by atoms with van der Waals surface area (Å²) in [5.41, 5.74) is 2.01. The van der Waals surface area contributed by atoms with Crippen LogP contribution in [0.1, 0.15) is 35.8 Å². The van der Waals surface area contributed by atoms with Crippen molar-refractivity contribution in [3.05, 3.63) is 53.9 Å². The molecule has 0 bridgehead atoms. The number of amides is 2. The van der Waals surface area contributed by atoms with Crippen LogP contribution in [0.15, 0.2) is 42.6 Å². The molecule has 1 N–H and O–H groups in total. The molecular weight excluding hydrogens is 304 g/mol. The summed E-state index contributed by atoms with van der Waals surface area (Å²) in [6.45, 7) is 2.01. The van der Waals surface area contributed by atoms with Gasteiger partial charge in [-0.2, -0.15) is 5.26 Å². The zero-order chi connectivity index (χ0) is 17.1. The maximum Gasteiger partial charge on any atom is 0.257 e. The summed E-state index contributed by atoms with van der Waals surface area (Å²) in [4.78, 5) is 29.9. The second kappa shape index (κ2) is 6.50. The summed E-state index contributed by atoms with van der Waals surface area (Å²) in [7, 11) is 0. The van der Waals surface area contributed by atoms with Crippen molar-refractivity contribution in [3.8, 4) is 6.07 Å². The number of pyridine rings is 1. The zero-order valence-corrected chi connectivity index (χ0v) is 13.2. The van der Waals surface area contributed by atoms with Crippen molar-refractivity contribution in [3.63, 3.8) is 0 Å². The molecule has 1 saturated heterocycles. The van der Waals surface area contributed by atoms with Crippen LogP contribution in [0.4, 0.5) is 11.4 Å². The molecule has 0 aliphatic carbocycles. The second-order valence-corrected chi connectivity index (χ2v) is 5.70. The van der Waals surface area contributed by atoms with Gasteiger partial charge >= 0.3 is 0 Å². The number of carbonyl (C=O) groups is 2. The molecule has 6 heteroatoms. The van der Waals surface area contributed by atoms with Crippen molar-refractivity contribution in [2.45, 2.75) is 25.8 Å². The normalized spacial score (nSPS) is 16.8. The van der Waals surface area contributed by atoms with Gasteiger partial charge in [-0.05, 0) is 43.7 Å². The number of nitrogens with zero attached hydrogens (tertiary/aromatic N) is 3. The van der Waals surface area contributed by atoms with Gasteiger partial charge in [0, 0.05) is 30.0 Å². The SMILES string of the molecule is CC1CCC(=O)N1c1cccc(NC(=O)c2ccc(C#N)nc2)c1. The van der Waals surface area contributed by atoms with E-state index in [9.17, 15) is 9.59 Å². The third-order valence-corrected chi connectivity index (χ3v) is 4.01. The molecule has 1 aliphatic heterocycles. The van der Waals surface area contributed by atoms with Crippen LogP contribution in [0.3, 0.4) is 0 Å². The van der Waals surface area contributed by atoms with E-state index in [0.29, 0.717) is 17.7 Å². The number of hydrogen-bond donors (Lipinski definition) is 1. The van der Waals surface area contributed by atoms with Gasteiger partial charge < -0.3 is 10.2 Å². The van der Waals surface area contributed by atoms with Gasteiger partial charge in [-0.1, -0.05) is 6.07 Å². The first-order valence-corrected chi connectivity index (χ1v) is 7.68. The Kier molecular flexibility index (Phi) is 4.25. The Hall–Kier alpha value is -3.20. The maximum atomic E-state index is 12.3. The molecule has 3 rings (SSSR count). The van der Waals surface area contributed by atoms with E-state index in [2.05, 4.69) is 10.3 Å². The highest BCUT2D eigenvalue weighted by atomic mass is 16.2. The highest BCUT2D eigenvalue weighted by molar-refractivity contribution is 6.04. The monoisotopic (exact) mass is 320 g/mol. The predicted octanol–water partition coefficient (Wildman–Crippen LogP) is 2.72. The van der Waals surface area contributed by atoms with Crippen LogP contribution >= 0.6 is 0 Å². The summed E-state index contributed by atoms with van der Waals surface area (Å²) in [6.07, 6.45) is 2.75. The molecule has 1 aromatic heterocycles. The van der Waals surface area contributed by atoms with E-state index in [1.54, 1.807) is 29.2 Å².